The van der Waals surface area contributed by atoms with E-state index in [1.807, 2.05) is 36.5 Å². The summed E-state index contributed by atoms with van der Waals surface area (Å²) >= 11 is 5.92. The molecule has 41 heavy (non-hydrogen) atoms. The van der Waals surface area contributed by atoms with Crippen molar-refractivity contribution in [1.82, 2.24) is 20.6 Å². The van der Waals surface area contributed by atoms with Crippen molar-refractivity contribution >= 4 is 17.5 Å². The molecule has 2 aromatic heterocycles. The number of benzene rings is 1. The van der Waals surface area contributed by atoms with Gasteiger partial charge >= 0.3 is 0 Å². The summed E-state index contributed by atoms with van der Waals surface area (Å²) in [6, 6.07) is 13.3. The van der Waals surface area contributed by atoms with Gasteiger partial charge in [0, 0.05) is 30.8 Å². The highest BCUT2D eigenvalue weighted by Gasteiger charge is 2.46. The first-order chi connectivity index (χ1) is 19.5. The topological polar surface area (TPSA) is 96.4 Å². The van der Waals surface area contributed by atoms with Crippen molar-refractivity contribution in [2.75, 3.05) is 6.54 Å². The summed E-state index contributed by atoms with van der Waals surface area (Å²) in [5, 5.41) is 17.8. The third kappa shape index (κ3) is 7.23. The van der Waals surface area contributed by atoms with Crippen LogP contribution < -0.4 is 15.4 Å². The number of aromatic nitrogens is 2. The van der Waals surface area contributed by atoms with E-state index in [-0.39, 0.29) is 28.8 Å². The summed E-state index contributed by atoms with van der Waals surface area (Å²) in [6.45, 7) is 6.80. The second-order valence-corrected chi connectivity index (χ2v) is 13.0. The molecule has 1 spiro atoms. The van der Waals surface area contributed by atoms with Crippen molar-refractivity contribution in [2.45, 2.75) is 83.1 Å². The van der Waals surface area contributed by atoms with Crippen LogP contribution in [0.3, 0.4) is 0 Å². The number of aliphatic hydroxyl groups is 1. The van der Waals surface area contributed by atoms with Gasteiger partial charge in [0.15, 0.2) is 11.5 Å². The first-order valence-corrected chi connectivity index (χ1v) is 14.6. The zero-order chi connectivity index (χ0) is 29.2. The minimum absolute atomic E-state index is 0.0147. The van der Waals surface area contributed by atoms with Gasteiger partial charge in [-0.25, -0.2) is 14.4 Å². The molecular weight excluding hydrogens is 543 g/mol. The smallest absolute Gasteiger partial charge is 0.273 e. The van der Waals surface area contributed by atoms with Crippen LogP contribution in [0.4, 0.5) is 4.39 Å². The van der Waals surface area contributed by atoms with E-state index in [4.69, 9.17) is 21.3 Å². The predicted molar refractivity (Wildman–Crippen MR) is 157 cm³/mol. The summed E-state index contributed by atoms with van der Waals surface area (Å²) in [4.78, 5) is 21.6. The number of rotatable bonds is 9. The average molecular weight is 581 g/mol. The highest BCUT2D eigenvalue weighted by atomic mass is 35.5. The molecule has 0 radical (unpaired) electrons. The van der Waals surface area contributed by atoms with Crippen LogP contribution in [-0.4, -0.2) is 45.3 Å². The molecule has 2 aliphatic rings. The number of nitrogens with one attached hydrogen (secondary N) is 2. The highest BCUT2D eigenvalue weighted by molar-refractivity contribution is 6.29. The molecule has 3 heterocycles. The third-order valence-corrected chi connectivity index (χ3v) is 8.09. The molecule has 0 unspecified atom stereocenters. The summed E-state index contributed by atoms with van der Waals surface area (Å²) in [7, 11) is 0. The molecule has 0 bridgehead atoms. The zero-order valence-electron chi connectivity index (χ0n) is 23.8. The van der Waals surface area contributed by atoms with Gasteiger partial charge in [-0.2, -0.15) is 0 Å². The van der Waals surface area contributed by atoms with Gasteiger partial charge in [-0.15, -0.1) is 0 Å². The van der Waals surface area contributed by atoms with Gasteiger partial charge < -0.3 is 20.5 Å². The summed E-state index contributed by atoms with van der Waals surface area (Å²) < 4.78 is 20.8. The molecule has 1 saturated carbocycles. The second-order valence-electron chi connectivity index (χ2n) is 12.6. The van der Waals surface area contributed by atoms with E-state index in [1.165, 1.54) is 6.07 Å². The van der Waals surface area contributed by atoms with Crippen LogP contribution in [0.2, 0.25) is 5.15 Å². The molecule has 9 heteroatoms. The summed E-state index contributed by atoms with van der Waals surface area (Å²) in [6.07, 6.45) is 6.01. The minimum Gasteiger partial charge on any atom is -0.471 e. The Hall–Kier alpha value is -3.07. The lowest BCUT2D eigenvalue weighted by molar-refractivity contribution is -0.0421. The second kappa shape index (κ2) is 12.0. The first kappa shape index (κ1) is 29.4. The highest BCUT2D eigenvalue weighted by Crippen LogP contribution is 2.48. The molecule has 1 aliphatic carbocycles. The molecule has 0 saturated heterocycles. The number of carbonyl (C=O) groups excluding carboxylic acids is 1. The molecule has 3 N–H and O–H groups in total. The van der Waals surface area contributed by atoms with E-state index in [1.54, 1.807) is 0 Å². The van der Waals surface area contributed by atoms with E-state index in [9.17, 15) is 14.3 Å². The number of carbonyl (C=O) groups is 1. The third-order valence-electron chi connectivity index (χ3n) is 7.88. The number of nitrogens with zero attached hydrogens (tertiary/aromatic N) is 2. The van der Waals surface area contributed by atoms with Crippen molar-refractivity contribution in [3.05, 3.63) is 88.1 Å². The minimum atomic E-state index is -0.976. The maximum Gasteiger partial charge on any atom is 0.273 e. The molecule has 3 atom stereocenters. The Balaban J connectivity index is 1.35. The van der Waals surface area contributed by atoms with Gasteiger partial charge in [0.2, 0.25) is 5.88 Å². The van der Waals surface area contributed by atoms with Crippen LogP contribution >= 0.6 is 11.6 Å². The van der Waals surface area contributed by atoms with E-state index >= 15 is 0 Å². The molecule has 1 aliphatic heterocycles. The van der Waals surface area contributed by atoms with E-state index in [0.717, 1.165) is 54.9 Å². The van der Waals surface area contributed by atoms with E-state index in [2.05, 4.69) is 42.5 Å². The fourth-order valence-electron chi connectivity index (χ4n) is 5.72. The molecule has 1 aromatic carbocycles. The average Bonchev–Trinajstić information content (AvgIpc) is 2.91. The van der Waals surface area contributed by atoms with Gasteiger partial charge in [-0.3, -0.25) is 4.79 Å². The first-order valence-electron chi connectivity index (χ1n) is 14.3. The Labute approximate surface area is 245 Å². The zero-order valence-corrected chi connectivity index (χ0v) is 24.5. The molecule has 5 rings (SSSR count). The number of hydrogen-bond acceptors (Lipinski definition) is 6. The van der Waals surface area contributed by atoms with E-state index in [0.29, 0.717) is 12.3 Å². The Bertz CT molecular complexity index is 1380. The SMILES string of the molecule is CC(C)(C)Cc1cnc2c(c1)[C@@H](NC[C@H](O)[C@H](Cc1ccccc1)NC(=O)c1nc(Cl)ccc1F)CC1(CCC1)O2. The van der Waals surface area contributed by atoms with Crippen LogP contribution in [0.15, 0.2) is 54.7 Å². The molecule has 218 valence electrons. The number of pyridine rings is 2. The maximum absolute atomic E-state index is 14.4. The fraction of sp³-hybridized carbons (Fsp3) is 0.469. The number of ether oxygens (including phenoxy) is 1. The van der Waals surface area contributed by atoms with Crippen molar-refractivity contribution in [2.24, 2.45) is 5.41 Å². The van der Waals surface area contributed by atoms with Crippen molar-refractivity contribution in [3.8, 4) is 5.88 Å². The van der Waals surface area contributed by atoms with Crippen molar-refractivity contribution < 1.29 is 19.0 Å². The van der Waals surface area contributed by atoms with Crippen LogP contribution in [0.25, 0.3) is 0 Å². The van der Waals surface area contributed by atoms with Gasteiger partial charge in [0.1, 0.15) is 10.8 Å². The summed E-state index contributed by atoms with van der Waals surface area (Å²) in [5.41, 5.74) is 2.53. The molecule has 1 amide bonds. The number of amides is 1. The quantitative estimate of drug-likeness (QED) is 0.285. The van der Waals surface area contributed by atoms with E-state index < -0.39 is 29.6 Å². The van der Waals surface area contributed by atoms with Crippen molar-refractivity contribution in [1.29, 1.82) is 0 Å². The lowest BCUT2D eigenvalue weighted by Gasteiger charge is -2.47. The maximum atomic E-state index is 14.4. The summed E-state index contributed by atoms with van der Waals surface area (Å²) in [5.74, 6) is -0.857. The molecule has 3 aromatic rings. The monoisotopic (exact) mass is 580 g/mol. The van der Waals surface area contributed by atoms with Crippen molar-refractivity contribution in [3.63, 3.8) is 0 Å². The lowest BCUT2D eigenvalue weighted by Crippen LogP contribution is -2.52. The van der Waals surface area contributed by atoms with Crippen LogP contribution in [0.1, 0.15) is 79.7 Å². The Kier molecular flexibility index (Phi) is 8.64. The molecule has 1 fully saturated rings. The van der Waals surface area contributed by atoms with Crippen LogP contribution in [0.5, 0.6) is 5.88 Å². The normalized spacial score (nSPS) is 19.0. The van der Waals surface area contributed by atoms with Crippen LogP contribution in [0, 0.1) is 11.2 Å². The number of halogens is 2. The fourth-order valence-corrected chi connectivity index (χ4v) is 5.87. The largest absolute Gasteiger partial charge is 0.471 e. The number of hydrogen-bond donors (Lipinski definition) is 3. The van der Waals surface area contributed by atoms with Gasteiger partial charge in [0.25, 0.3) is 5.91 Å². The Morgan fingerprint density at radius 1 is 1.20 bits per heavy atom. The standard InChI is InChI=1S/C32H38ClFN4O3/c1-31(2,3)16-21-14-22-25(17-32(12-7-13-32)41-30(22)36-18-21)35-19-26(39)24(15-20-8-5-4-6-9-20)37-29(40)28-23(34)10-11-27(33)38-28/h4-6,8-11,14,18,24-26,35,39H,7,12-13,15-17,19H2,1-3H3,(H,37,40)/t24-,25-,26-/m0/s1. The number of aliphatic hydroxyl groups excluding tert-OH is 1. The Morgan fingerprint density at radius 2 is 1.95 bits per heavy atom. The van der Waals surface area contributed by atoms with Crippen LogP contribution in [-0.2, 0) is 12.8 Å². The molecular formula is C32H38ClFN4O3. The van der Waals surface area contributed by atoms with Gasteiger partial charge in [0.05, 0.1) is 12.1 Å². The van der Waals surface area contributed by atoms with Gasteiger partial charge in [-0.05, 0) is 66.8 Å². The number of fused-ring (bicyclic) bond motifs is 1. The van der Waals surface area contributed by atoms with Gasteiger partial charge in [-0.1, -0.05) is 62.7 Å². The molecule has 7 nitrogen and oxygen atoms in total. The Morgan fingerprint density at radius 3 is 2.63 bits per heavy atom. The predicted octanol–water partition coefficient (Wildman–Crippen LogP) is 5.60. The lowest BCUT2D eigenvalue weighted by atomic mass is 9.73.